The standard InChI is InChI=1S/C24H28ClF3N4O3S/c1-23(2,3)35-22(34)31-13-15(11-14-7-5-6-8-17(14)24(26,27)28)32-21(33)19-12-16(20(25)36-19)18(30-4)9-10-29/h5-10,12,15H,11,13,29H2,1-4H3,(H,31,34)(H,32,33). The largest absolute Gasteiger partial charge is 0.444 e. The molecule has 0 aliphatic carbocycles. The van der Waals surface area contributed by atoms with Crippen molar-refractivity contribution in [3.63, 3.8) is 0 Å². The van der Waals surface area contributed by atoms with Gasteiger partial charge in [0.1, 0.15) is 9.94 Å². The topological polar surface area (TPSA) is 106 Å². The number of halogens is 4. The lowest BCUT2D eigenvalue weighted by Crippen LogP contribution is -2.46. The molecule has 1 unspecified atom stereocenters. The first-order valence-corrected chi connectivity index (χ1v) is 12.0. The number of hydrogen-bond acceptors (Lipinski definition) is 6. The third kappa shape index (κ3) is 8.56. The number of allylic oxidation sites excluding steroid dienone is 1. The third-order valence-electron chi connectivity index (χ3n) is 4.70. The maximum Gasteiger partial charge on any atom is 0.416 e. The maximum atomic E-state index is 13.5. The second-order valence-corrected chi connectivity index (χ2v) is 10.3. The van der Waals surface area contributed by atoms with Gasteiger partial charge in [-0.25, -0.2) is 4.79 Å². The van der Waals surface area contributed by atoms with E-state index in [-0.39, 0.29) is 23.4 Å². The summed E-state index contributed by atoms with van der Waals surface area (Å²) in [6.45, 7) is 4.86. The van der Waals surface area contributed by atoms with Crippen LogP contribution < -0.4 is 16.4 Å². The predicted octanol–water partition coefficient (Wildman–Crippen LogP) is 5.18. The number of rotatable bonds is 8. The van der Waals surface area contributed by atoms with Gasteiger partial charge in [0.05, 0.1) is 22.2 Å². The summed E-state index contributed by atoms with van der Waals surface area (Å²) in [5.41, 5.74) is 4.76. The molecule has 1 aromatic carbocycles. The van der Waals surface area contributed by atoms with E-state index in [0.717, 1.165) is 17.4 Å². The number of nitrogens with two attached hydrogens (primary N) is 1. The van der Waals surface area contributed by atoms with Gasteiger partial charge < -0.3 is 21.1 Å². The summed E-state index contributed by atoms with van der Waals surface area (Å²) in [5, 5.41) is 5.21. The van der Waals surface area contributed by atoms with Crippen molar-refractivity contribution in [2.45, 2.75) is 45.0 Å². The van der Waals surface area contributed by atoms with Crippen molar-refractivity contribution in [3.05, 3.63) is 68.5 Å². The molecule has 0 saturated carbocycles. The van der Waals surface area contributed by atoms with Crippen molar-refractivity contribution in [2.75, 3.05) is 13.6 Å². The summed E-state index contributed by atoms with van der Waals surface area (Å²) in [6, 6.07) is 5.70. The first-order valence-electron chi connectivity index (χ1n) is 10.8. The number of benzene rings is 1. The van der Waals surface area contributed by atoms with Crippen LogP contribution in [-0.2, 0) is 17.3 Å². The normalized spacial score (nSPS) is 13.5. The number of alkyl carbamates (subject to hydrolysis) is 1. The smallest absolute Gasteiger partial charge is 0.416 e. The average molecular weight is 545 g/mol. The van der Waals surface area contributed by atoms with E-state index in [4.69, 9.17) is 22.1 Å². The summed E-state index contributed by atoms with van der Waals surface area (Å²) in [5.74, 6) is -0.569. The van der Waals surface area contributed by atoms with Crippen molar-refractivity contribution in [1.82, 2.24) is 10.6 Å². The van der Waals surface area contributed by atoms with E-state index in [9.17, 15) is 22.8 Å². The molecule has 0 spiro atoms. The summed E-state index contributed by atoms with van der Waals surface area (Å²) in [7, 11) is 1.54. The summed E-state index contributed by atoms with van der Waals surface area (Å²) >= 11 is 7.27. The molecule has 2 aromatic rings. The number of nitrogens with one attached hydrogen (secondary N) is 2. The molecule has 2 amide bonds. The van der Waals surface area contributed by atoms with Crippen LogP contribution in [0.15, 0.2) is 47.6 Å². The molecule has 12 heteroatoms. The van der Waals surface area contributed by atoms with Crippen LogP contribution >= 0.6 is 22.9 Å². The fourth-order valence-corrected chi connectivity index (χ4v) is 4.42. The number of carbonyl (C=O) groups is 2. The Hall–Kier alpha value is -3.05. The SMILES string of the molecule is CN=C(C=CN)c1cc(C(=O)NC(CNC(=O)OC(C)(C)C)Cc2ccccc2C(F)(F)F)sc1Cl. The monoisotopic (exact) mass is 544 g/mol. The molecular formula is C24H28ClF3N4O3S. The molecule has 7 nitrogen and oxygen atoms in total. The number of thiophene rings is 1. The lowest BCUT2D eigenvalue weighted by atomic mass is 9.99. The number of aliphatic imine (C=N–C) groups is 1. The molecular weight excluding hydrogens is 517 g/mol. The molecule has 1 atom stereocenters. The number of hydrogen-bond donors (Lipinski definition) is 3. The van der Waals surface area contributed by atoms with E-state index >= 15 is 0 Å². The zero-order valence-electron chi connectivity index (χ0n) is 20.2. The van der Waals surface area contributed by atoms with Gasteiger partial charge in [-0.3, -0.25) is 9.79 Å². The second kappa shape index (κ2) is 12.3. The van der Waals surface area contributed by atoms with Gasteiger partial charge in [-0.05, 0) is 57.2 Å². The number of carbonyl (C=O) groups excluding carboxylic acids is 2. The molecule has 0 bridgehead atoms. The van der Waals surface area contributed by atoms with Crippen LogP contribution in [0.4, 0.5) is 18.0 Å². The molecule has 1 aromatic heterocycles. The minimum atomic E-state index is -4.58. The van der Waals surface area contributed by atoms with Gasteiger partial charge >= 0.3 is 12.3 Å². The minimum Gasteiger partial charge on any atom is -0.444 e. The maximum absolute atomic E-state index is 13.5. The highest BCUT2D eigenvalue weighted by molar-refractivity contribution is 7.18. The molecule has 1 heterocycles. The van der Waals surface area contributed by atoms with Crippen LogP contribution in [0.25, 0.3) is 0 Å². The van der Waals surface area contributed by atoms with Crippen molar-refractivity contribution >= 4 is 40.6 Å². The van der Waals surface area contributed by atoms with E-state index in [2.05, 4.69) is 15.6 Å². The molecule has 0 fully saturated rings. The lowest BCUT2D eigenvalue weighted by Gasteiger charge is -2.23. The van der Waals surface area contributed by atoms with Crippen molar-refractivity contribution < 1.29 is 27.5 Å². The van der Waals surface area contributed by atoms with Crippen LogP contribution in [0.2, 0.25) is 4.34 Å². The van der Waals surface area contributed by atoms with Gasteiger partial charge in [0, 0.05) is 19.2 Å². The summed E-state index contributed by atoms with van der Waals surface area (Å²) < 4.78 is 46.1. The summed E-state index contributed by atoms with van der Waals surface area (Å²) in [6.07, 6.45) is -2.72. The highest BCUT2D eigenvalue weighted by Gasteiger charge is 2.33. The Morgan fingerprint density at radius 2 is 1.92 bits per heavy atom. The van der Waals surface area contributed by atoms with Crippen LogP contribution in [0, 0.1) is 0 Å². The van der Waals surface area contributed by atoms with E-state index in [1.807, 2.05) is 0 Å². The van der Waals surface area contributed by atoms with E-state index < -0.39 is 35.4 Å². The van der Waals surface area contributed by atoms with Gasteiger partial charge in [-0.15, -0.1) is 11.3 Å². The number of amides is 2. The highest BCUT2D eigenvalue weighted by Crippen LogP contribution is 2.33. The fourth-order valence-electron chi connectivity index (χ4n) is 3.22. The first kappa shape index (κ1) is 29.2. The number of nitrogens with zero attached hydrogens (tertiary/aromatic N) is 1. The van der Waals surface area contributed by atoms with E-state index in [1.165, 1.54) is 36.5 Å². The highest BCUT2D eigenvalue weighted by atomic mass is 35.5. The first-order chi connectivity index (χ1) is 16.7. The van der Waals surface area contributed by atoms with Crippen LogP contribution in [0.1, 0.15) is 47.1 Å². The quantitative estimate of drug-likeness (QED) is 0.398. The molecule has 4 N–H and O–H groups in total. The van der Waals surface area contributed by atoms with E-state index in [0.29, 0.717) is 15.6 Å². The molecule has 0 radical (unpaired) electrons. The van der Waals surface area contributed by atoms with Crippen molar-refractivity contribution in [1.29, 1.82) is 0 Å². The number of ether oxygens (including phenoxy) is 1. The van der Waals surface area contributed by atoms with Gasteiger partial charge in [-0.1, -0.05) is 29.8 Å². The molecule has 2 rings (SSSR count). The lowest BCUT2D eigenvalue weighted by molar-refractivity contribution is -0.138. The van der Waals surface area contributed by atoms with Gasteiger partial charge in [0.2, 0.25) is 0 Å². The zero-order chi connectivity index (χ0) is 27.1. The Balaban J connectivity index is 2.30. The number of alkyl halides is 3. The third-order valence-corrected chi connectivity index (χ3v) is 6.05. The Labute approximate surface area is 216 Å². The molecule has 36 heavy (non-hydrogen) atoms. The van der Waals surface area contributed by atoms with Gasteiger partial charge in [-0.2, -0.15) is 13.2 Å². The molecule has 0 aliphatic rings. The fraction of sp³-hybridized carbons (Fsp3) is 0.375. The van der Waals surface area contributed by atoms with Crippen molar-refractivity contribution in [2.24, 2.45) is 10.7 Å². The van der Waals surface area contributed by atoms with Crippen LogP contribution in [-0.4, -0.2) is 42.9 Å². The van der Waals surface area contributed by atoms with Gasteiger partial charge in [0.15, 0.2) is 0 Å². The summed E-state index contributed by atoms with van der Waals surface area (Å²) in [4.78, 5) is 29.5. The zero-order valence-corrected chi connectivity index (χ0v) is 21.8. The Bertz CT molecular complexity index is 1140. The molecule has 0 aliphatic heterocycles. The molecule has 0 saturated heterocycles. The second-order valence-electron chi connectivity index (χ2n) is 8.68. The van der Waals surface area contributed by atoms with Crippen LogP contribution in [0.5, 0.6) is 0 Å². The van der Waals surface area contributed by atoms with Gasteiger partial charge in [0.25, 0.3) is 5.91 Å². The molecule has 196 valence electrons. The Kier molecular flexibility index (Phi) is 9.94. The van der Waals surface area contributed by atoms with E-state index in [1.54, 1.807) is 27.8 Å². The Morgan fingerprint density at radius 1 is 1.25 bits per heavy atom. The van der Waals surface area contributed by atoms with Crippen molar-refractivity contribution in [3.8, 4) is 0 Å². The Morgan fingerprint density at radius 3 is 2.50 bits per heavy atom. The predicted molar refractivity (Wildman–Crippen MR) is 136 cm³/mol. The average Bonchev–Trinajstić information content (AvgIpc) is 3.16. The van der Waals surface area contributed by atoms with Crippen LogP contribution in [0.3, 0.4) is 0 Å². The minimum absolute atomic E-state index is 0.0281.